The van der Waals surface area contributed by atoms with Gasteiger partial charge in [-0.2, -0.15) is 17.6 Å². The lowest BCUT2D eigenvalue weighted by Crippen LogP contribution is -2.22. The summed E-state index contributed by atoms with van der Waals surface area (Å²) in [6.07, 6.45) is 6.22. The van der Waals surface area contributed by atoms with Gasteiger partial charge in [0.25, 0.3) is 0 Å². The summed E-state index contributed by atoms with van der Waals surface area (Å²) >= 11 is 0. The molecule has 0 amide bonds. The molecule has 1 saturated carbocycles. The van der Waals surface area contributed by atoms with Gasteiger partial charge in [0.1, 0.15) is 11.5 Å². The highest BCUT2D eigenvalue weighted by atomic mass is 19.3. The molecule has 6 heteroatoms. The van der Waals surface area contributed by atoms with Crippen LogP contribution in [-0.4, -0.2) is 6.61 Å². The van der Waals surface area contributed by atoms with Crippen molar-refractivity contribution in [1.82, 2.24) is 0 Å². The normalized spacial score (nSPS) is 18.1. The average molecular weight is 515 g/mol. The molecule has 0 bridgehead atoms. The van der Waals surface area contributed by atoms with Crippen molar-refractivity contribution in [2.24, 2.45) is 11.8 Å². The van der Waals surface area contributed by atoms with Crippen molar-refractivity contribution in [1.29, 1.82) is 0 Å². The van der Waals surface area contributed by atoms with Crippen LogP contribution in [0.1, 0.15) is 63.0 Å². The van der Waals surface area contributed by atoms with Gasteiger partial charge in [-0.15, -0.1) is 0 Å². The van der Waals surface area contributed by atoms with Crippen LogP contribution in [0, 0.1) is 11.8 Å². The van der Waals surface area contributed by atoms with Gasteiger partial charge < -0.3 is 9.47 Å². The minimum Gasteiger partial charge on any atom is -0.435 e. The van der Waals surface area contributed by atoms with Crippen molar-refractivity contribution in [2.45, 2.75) is 71.0 Å². The Hall–Kier alpha value is -3.02. The number of hydrogen-bond acceptors (Lipinski definition) is 2. The van der Waals surface area contributed by atoms with E-state index < -0.39 is 12.7 Å². The lowest BCUT2D eigenvalue weighted by atomic mass is 9.78. The van der Waals surface area contributed by atoms with E-state index >= 15 is 8.78 Å². The van der Waals surface area contributed by atoms with E-state index in [1.54, 1.807) is 30.3 Å². The fourth-order valence-electron chi connectivity index (χ4n) is 5.26. The zero-order chi connectivity index (χ0) is 26.3. The average Bonchev–Trinajstić information content (AvgIpc) is 2.89. The molecule has 2 nitrogen and oxygen atoms in total. The molecule has 0 N–H and O–H groups in total. The maximum Gasteiger partial charge on any atom is 0.426 e. The Labute approximate surface area is 216 Å². The number of benzene rings is 3. The molecular weight excluding hydrogens is 480 g/mol. The number of ether oxygens (including phenoxy) is 2. The molecule has 3 aromatic carbocycles. The molecule has 0 unspecified atom stereocenters. The Kier molecular flexibility index (Phi) is 9.12. The first kappa shape index (κ1) is 27.0. The summed E-state index contributed by atoms with van der Waals surface area (Å²) < 4.78 is 64.7. The second-order valence-electron chi connectivity index (χ2n) is 9.93. The molecule has 0 aromatic heterocycles. The second-order valence-corrected chi connectivity index (χ2v) is 9.93. The van der Waals surface area contributed by atoms with Gasteiger partial charge in [-0.3, -0.25) is 0 Å². The van der Waals surface area contributed by atoms with Gasteiger partial charge in [-0.05, 0) is 66.1 Å². The van der Waals surface area contributed by atoms with Gasteiger partial charge in [-0.1, -0.05) is 87.9 Å². The summed E-state index contributed by atoms with van der Waals surface area (Å²) in [7, 11) is 0. The first-order valence-corrected chi connectivity index (χ1v) is 13.1. The quantitative estimate of drug-likeness (QED) is 0.237. The van der Waals surface area contributed by atoms with Crippen molar-refractivity contribution in [3.8, 4) is 22.6 Å². The predicted molar refractivity (Wildman–Crippen MR) is 138 cm³/mol. The van der Waals surface area contributed by atoms with Crippen LogP contribution in [0.5, 0.6) is 11.5 Å². The van der Waals surface area contributed by atoms with Crippen molar-refractivity contribution in [2.75, 3.05) is 0 Å². The highest BCUT2D eigenvalue weighted by Gasteiger charge is 2.35. The van der Waals surface area contributed by atoms with Gasteiger partial charge >= 0.3 is 12.7 Å². The fourth-order valence-corrected chi connectivity index (χ4v) is 5.26. The minimum absolute atomic E-state index is 0.00206. The Balaban J connectivity index is 1.38. The lowest BCUT2D eigenvalue weighted by Gasteiger charge is -2.28. The van der Waals surface area contributed by atoms with Crippen LogP contribution < -0.4 is 9.47 Å². The van der Waals surface area contributed by atoms with Crippen molar-refractivity contribution in [3.63, 3.8) is 0 Å². The molecular formula is C31H34F4O2. The molecule has 0 radical (unpaired) electrons. The molecule has 1 aliphatic rings. The number of para-hydroxylation sites is 1. The Morgan fingerprint density at radius 2 is 1.43 bits per heavy atom. The van der Waals surface area contributed by atoms with E-state index in [2.05, 4.69) is 11.7 Å². The first-order valence-electron chi connectivity index (χ1n) is 13.1. The number of rotatable bonds is 11. The van der Waals surface area contributed by atoms with Gasteiger partial charge in [0, 0.05) is 5.56 Å². The third-order valence-corrected chi connectivity index (χ3v) is 7.31. The molecule has 0 aliphatic heterocycles. The molecule has 0 heterocycles. The van der Waals surface area contributed by atoms with Crippen molar-refractivity contribution in [3.05, 3.63) is 83.9 Å². The zero-order valence-electron chi connectivity index (χ0n) is 21.1. The van der Waals surface area contributed by atoms with Crippen LogP contribution in [0.25, 0.3) is 11.1 Å². The standard InChI is InChI=1S/C31H34F4O2/c1-2-5-22-8-10-23(11-9-22)12-13-24-14-18-26(19-15-24)31(34,35)37-29-7-4-3-6-28(29)25-16-20-27(21-17-25)36-30(32)33/h3-4,6-7,14-23,30H,2,5,8-13H2,1H3/t22-,23-. The van der Waals surface area contributed by atoms with E-state index in [1.165, 1.54) is 81.0 Å². The van der Waals surface area contributed by atoms with Crippen LogP contribution in [0.4, 0.5) is 17.6 Å². The predicted octanol–water partition coefficient (Wildman–Crippen LogP) is 9.62. The van der Waals surface area contributed by atoms with E-state index in [0.717, 1.165) is 30.2 Å². The summed E-state index contributed by atoms with van der Waals surface area (Å²) in [6.45, 7) is -0.685. The van der Waals surface area contributed by atoms with Gasteiger partial charge in [-0.25, -0.2) is 0 Å². The topological polar surface area (TPSA) is 18.5 Å². The van der Waals surface area contributed by atoms with Crippen LogP contribution in [0.3, 0.4) is 0 Å². The van der Waals surface area contributed by atoms with E-state index in [9.17, 15) is 8.78 Å². The molecule has 4 rings (SSSR count). The third kappa shape index (κ3) is 7.50. The summed E-state index contributed by atoms with van der Waals surface area (Å²) in [5.74, 6) is 1.60. The lowest BCUT2D eigenvalue weighted by molar-refractivity contribution is -0.185. The fraction of sp³-hybridized carbons (Fsp3) is 0.419. The van der Waals surface area contributed by atoms with E-state index in [-0.39, 0.29) is 17.1 Å². The van der Waals surface area contributed by atoms with Crippen LogP contribution in [0.2, 0.25) is 0 Å². The third-order valence-electron chi connectivity index (χ3n) is 7.31. The Morgan fingerprint density at radius 1 is 0.811 bits per heavy atom. The van der Waals surface area contributed by atoms with Crippen molar-refractivity contribution < 1.29 is 27.0 Å². The number of aryl methyl sites for hydroxylation is 1. The number of hydrogen-bond donors (Lipinski definition) is 0. The molecule has 0 atom stereocenters. The van der Waals surface area contributed by atoms with Crippen LogP contribution in [0.15, 0.2) is 72.8 Å². The summed E-state index contributed by atoms with van der Waals surface area (Å²) in [5, 5.41) is 0. The summed E-state index contributed by atoms with van der Waals surface area (Å²) in [6, 6.07) is 18.6. The second kappa shape index (κ2) is 12.5. The van der Waals surface area contributed by atoms with Crippen LogP contribution >= 0.6 is 0 Å². The molecule has 1 aliphatic carbocycles. The van der Waals surface area contributed by atoms with Gasteiger partial charge in [0.2, 0.25) is 0 Å². The Morgan fingerprint density at radius 3 is 2.05 bits per heavy atom. The molecule has 3 aromatic rings. The van der Waals surface area contributed by atoms with Gasteiger partial charge in [0.05, 0.1) is 5.56 Å². The highest BCUT2D eigenvalue weighted by Crippen LogP contribution is 2.38. The highest BCUT2D eigenvalue weighted by molar-refractivity contribution is 5.71. The van der Waals surface area contributed by atoms with Crippen LogP contribution in [-0.2, 0) is 12.5 Å². The Bertz CT molecular complexity index is 1100. The molecule has 1 fully saturated rings. The zero-order valence-corrected chi connectivity index (χ0v) is 21.1. The van der Waals surface area contributed by atoms with Crippen molar-refractivity contribution >= 4 is 0 Å². The monoisotopic (exact) mass is 514 g/mol. The molecule has 198 valence electrons. The first-order chi connectivity index (χ1) is 17.8. The van der Waals surface area contributed by atoms with Gasteiger partial charge in [0.15, 0.2) is 0 Å². The smallest absolute Gasteiger partial charge is 0.426 e. The number of halogens is 4. The molecule has 37 heavy (non-hydrogen) atoms. The summed E-state index contributed by atoms with van der Waals surface area (Å²) in [5.41, 5.74) is 1.82. The minimum atomic E-state index is -3.54. The van der Waals surface area contributed by atoms with E-state index in [4.69, 9.17) is 4.74 Å². The summed E-state index contributed by atoms with van der Waals surface area (Å²) in [4.78, 5) is 0. The maximum absolute atomic E-state index is 15.1. The SMILES string of the molecule is CCC[C@H]1CC[C@H](CCc2ccc(C(F)(F)Oc3ccccc3-c3ccc(OC(F)F)cc3)cc2)CC1. The number of alkyl halides is 4. The molecule has 0 spiro atoms. The maximum atomic E-state index is 15.1. The molecule has 0 saturated heterocycles. The largest absolute Gasteiger partial charge is 0.435 e. The van der Waals surface area contributed by atoms with E-state index in [1.807, 2.05) is 0 Å². The van der Waals surface area contributed by atoms with E-state index in [0.29, 0.717) is 11.1 Å².